The van der Waals surface area contributed by atoms with E-state index >= 15 is 0 Å². The maximum Gasteiger partial charge on any atom is 0.337 e. The highest BCUT2D eigenvalue weighted by atomic mass is 16.6. The van der Waals surface area contributed by atoms with Crippen molar-refractivity contribution < 1.29 is 19.0 Å². The topological polar surface area (TPSA) is 57.6 Å². The van der Waals surface area contributed by atoms with Gasteiger partial charge in [-0.2, -0.15) is 0 Å². The monoisotopic (exact) mass is 315 g/mol. The summed E-state index contributed by atoms with van der Waals surface area (Å²) >= 11 is 0. The lowest BCUT2D eigenvalue weighted by atomic mass is 9.73. The quantitative estimate of drug-likeness (QED) is 0.800. The molecule has 0 spiro atoms. The van der Waals surface area contributed by atoms with Crippen LogP contribution in [0.25, 0.3) is 0 Å². The molecule has 0 bridgehead atoms. The number of allylic oxidation sites excluding steroid dienone is 1. The summed E-state index contributed by atoms with van der Waals surface area (Å²) in [6.45, 7) is 2.52. The molecule has 4 atom stereocenters. The first-order valence-corrected chi connectivity index (χ1v) is 8.20. The van der Waals surface area contributed by atoms with E-state index < -0.39 is 5.60 Å². The molecule has 0 aromatic carbocycles. The number of esters is 1. The molecular weight excluding hydrogens is 294 g/mol. The molecule has 1 saturated heterocycles. The number of pyridine rings is 1. The summed E-state index contributed by atoms with van der Waals surface area (Å²) in [6.07, 6.45) is 6.56. The van der Waals surface area contributed by atoms with E-state index in [0.29, 0.717) is 24.3 Å². The van der Waals surface area contributed by atoms with Gasteiger partial charge in [0.15, 0.2) is 0 Å². The van der Waals surface area contributed by atoms with Crippen molar-refractivity contribution in [3.8, 4) is 5.88 Å². The number of ether oxygens (including phenoxy) is 3. The summed E-state index contributed by atoms with van der Waals surface area (Å²) in [6, 6.07) is 3.81. The van der Waals surface area contributed by atoms with E-state index in [1.165, 1.54) is 0 Å². The first-order chi connectivity index (χ1) is 11.1. The minimum atomic E-state index is -0.579. The van der Waals surface area contributed by atoms with E-state index in [4.69, 9.17) is 14.2 Å². The van der Waals surface area contributed by atoms with Crippen molar-refractivity contribution in [2.75, 3.05) is 7.11 Å². The van der Waals surface area contributed by atoms with Gasteiger partial charge in [0, 0.05) is 11.8 Å². The Morgan fingerprint density at radius 3 is 3.13 bits per heavy atom. The largest absolute Gasteiger partial charge is 0.481 e. The lowest BCUT2D eigenvalue weighted by Gasteiger charge is -2.38. The van der Waals surface area contributed by atoms with Gasteiger partial charge < -0.3 is 14.2 Å². The van der Waals surface area contributed by atoms with E-state index in [9.17, 15) is 4.79 Å². The van der Waals surface area contributed by atoms with Crippen LogP contribution < -0.4 is 4.74 Å². The first-order valence-electron chi connectivity index (χ1n) is 8.20. The summed E-state index contributed by atoms with van der Waals surface area (Å²) < 4.78 is 17.3. The molecule has 2 fully saturated rings. The van der Waals surface area contributed by atoms with Gasteiger partial charge in [-0.3, -0.25) is 0 Å². The molecule has 2 heterocycles. The highest BCUT2D eigenvalue weighted by Crippen LogP contribution is 2.55. The third kappa shape index (κ3) is 2.10. The van der Waals surface area contributed by atoms with Gasteiger partial charge in [-0.25, -0.2) is 9.78 Å². The van der Waals surface area contributed by atoms with Gasteiger partial charge in [0.05, 0.1) is 19.3 Å². The molecule has 5 heteroatoms. The smallest absolute Gasteiger partial charge is 0.337 e. The molecule has 2 unspecified atom stereocenters. The van der Waals surface area contributed by atoms with Crippen molar-refractivity contribution in [1.82, 2.24) is 4.98 Å². The molecule has 0 amide bonds. The van der Waals surface area contributed by atoms with E-state index in [1.807, 2.05) is 18.2 Å². The fraction of sp³-hybridized carbons (Fsp3) is 0.556. The molecular formula is C18H21NO4. The number of methoxy groups -OCH3 is 1. The van der Waals surface area contributed by atoms with Crippen molar-refractivity contribution in [3.05, 3.63) is 35.5 Å². The number of carbonyl (C=O) groups excluding carboxylic acids is 1. The molecule has 1 saturated carbocycles. The van der Waals surface area contributed by atoms with E-state index in [2.05, 4.69) is 11.9 Å². The zero-order chi connectivity index (χ0) is 16.0. The average molecular weight is 315 g/mol. The predicted molar refractivity (Wildman–Crippen MR) is 82.8 cm³/mol. The Morgan fingerprint density at radius 2 is 2.30 bits per heavy atom. The van der Waals surface area contributed by atoms with Gasteiger partial charge in [0.25, 0.3) is 0 Å². The molecule has 0 N–H and O–H groups in total. The Labute approximate surface area is 135 Å². The summed E-state index contributed by atoms with van der Waals surface area (Å²) in [5.41, 5.74) is 1.04. The van der Waals surface area contributed by atoms with Crippen LogP contribution in [0.2, 0.25) is 0 Å². The number of rotatable bonds is 4. The fourth-order valence-electron chi connectivity index (χ4n) is 4.43. The molecule has 122 valence electrons. The lowest BCUT2D eigenvalue weighted by Crippen LogP contribution is -2.46. The second-order valence-electron chi connectivity index (χ2n) is 6.72. The molecule has 3 aliphatic rings. The summed E-state index contributed by atoms with van der Waals surface area (Å²) in [4.78, 5) is 16.5. The minimum absolute atomic E-state index is 0.151. The average Bonchev–Trinajstić information content (AvgIpc) is 3.04. The second-order valence-corrected chi connectivity index (χ2v) is 6.72. The van der Waals surface area contributed by atoms with E-state index in [-0.39, 0.29) is 12.1 Å². The molecule has 1 aromatic rings. The van der Waals surface area contributed by atoms with Gasteiger partial charge in [0.1, 0.15) is 11.7 Å². The van der Waals surface area contributed by atoms with Crippen LogP contribution in [-0.2, 0) is 20.9 Å². The summed E-state index contributed by atoms with van der Waals surface area (Å²) in [5.74, 6) is 1.10. The van der Waals surface area contributed by atoms with Crippen LogP contribution >= 0.6 is 0 Å². The van der Waals surface area contributed by atoms with Crippen LogP contribution in [0, 0.1) is 11.8 Å². The molecule has 1 aromatic heterocycles. The number of hydrogen-bond acceptors (Lipinski definition) is 5. The van der Waals surface area contributed by atoms with Crippen molar-refractivity contribution in [3.63, 3.8) is 0 Å². The lowest BCUT2D eigenvalue weighted by molar-refractivity contribution is -0.142. The Morgan fingerprint density at radius 1 is 1.43 bits per heavy atom. The van der Waals surface area contributed by atoms with Gasteiger partial charge in [-0.1, -0.05) is 13.0 Å². The molecule has 1 aliphatic heterocycles. The van der Waals surface area contributed by atoms with Crippen LogP contribution in [0.5, 0.6) is 5.88 Å². The number of carbonyl (C=O) groups is 1. The molecule has 5 nitrogen and oxygen atoms in total. The third-order valence-electron chi connectivity index (χ3n) is 5.37. The van der Waals surface area contributed by atoms with Crippen molar-refractivity contribution in [2.45, 2.75) is 44.5 Å². The van der Waals surface area contributed by atoms with Crippen LogP contribution in [0.1, 0.15) is 31.7 Å². The second kappa shape index (κ2) is 5.34. The standard InChI is InChI=1S/C18H21NO4/c1-11-8-13-5-6-15-18(13,14(9-11)17(20)23-15)22-10-12-4-3-7-19-16(12)21-2/h3-4,7,9,11,13,15H,5-6,8,10H2,1-2H3/t11?,13?,15-,18+/m1/s1. The van der Waals surface area contributed by atoms with Crippen LogP contribution in [0.15, 0.2) is 30.0 Å². The van der Waals surface area contributed by atoms with Gasteiger partial charge in [0.2, 0.25) is 5.88 Å². The highest BCUT2D eigenvalue weighted by molar-refractivity contribution is 5.94. The summed E-state index contributed by atoms with van der Waals surface area (Å²) in [7, 11) is 1.60. The van der Waals surface area contributed by atoms with Gasteiger partial charge in [-0.15, -0.1) is 0 Å². The summed E-state index contributed by atoms with van der Waals surface area (Å²) in [5, 5.41) is 0. The molecule has 0 radical (unpaired) electrons. The van der Waals surface area contributed by atoms with Gasteiger partial charge in [-0.05, 0) is 43.2 Å². The van der Waals surface area contributed by atoms with Crippen molar-refractivity contribution in [1.29, 1.82) is 0 Å². The predicted octanol–water partition coefficient (Wildman–Crippen LogP) is 2.65. The third-order valence-corrected chi connectivity index (χ3v) is 5.37. The van der Waals surface area contributed by atoms with Crippen molar-refractivity contribution >= 4 is 5.97 Å². The van der Waals surface area contributed by atoms with Crippen LogP contribution in [-0.4, -0.2) is 29.8 Å². The Bertz CT molecular complexity index is 671. The molecule has 2 aliphatic carbocycles. The molecule has 23 heavy (non-hydrogen) atoms. The Hall–Kier alpha value is -1.88. The van der Waals surface area contributed by atoms with Crippen LogP contribution in [0.3, 0.4) is 0 Å². The van der Waals surface area contributed by atoms with E-state index in [1.54, 1.807) is 13.3 Å². The first kappa shape index (κ1) is 14.7. The number of hydrogen-bond donors (Lipinski definition) is 0. The zero-order valence-corrected chi connectivity index (χ0v) is 13.5. The fourth-order valence-corrected chi connectivity index (χ4v) is 4.43. The Balaban J connectivity index is 1.66. The van der Waals surface area contributed by atoms with Crippen molar-refractivity contribution in [2.24, 2.45) is 11.8 Å². The van der Waals surface area contributed by atoms with E-state index in [0.717, 1.165) is 30.4 Å². The number of nitrogens with zero attached hydrogens (tertiary/aromatic N) is 1. The zero-order valence-electron chi connectivity index (χ0n) is 13.5. The maximum absolute atomic E-state index is 12.3. The number of aromatic nitrogens is 1. The van der Waals surface area contributed by atoms with Gasteiger partial charge >= 0.3 is 5.97 Å². The minimum Gasteiger partial charge on any atom is -0.481 e. The molecule has 4 rings (SSSR count). The maximum atomic E-state index is 12.3. The Kier molecular flexibility index (Phi) is 3.41. The highest BCUT2D eigenvalue weighted by Gasteiger charge is 2.63. The normalized spacial score (nSPS) is 34.8. The SMILES string of the molecule is COc1ncccc1CO[C@]12C3=CC(C)CC1CC[C@H]2OC3=O. The van der Waals surface area contributed by atoms with Crippen LogP contribution in [0.4, 0.5) is 0 Å².